The molecule has 21 heavy (non-hydrogen) atoms. The van der Waals surface area contributed by atoms with E-state index in [1.165, 1.54) is 0 Å². The summed E-state index contributed by atoms with van der Waals surface area (Å²) in [5.41, 5.74) is 2.99. The number of aryl methyl sites for hydroxylation is 2. The van der Waals surface area contributed by atoms with E-state index < -0.39 is 5.60 Å². The highest BCUT2D eigenvalue weighted by molar-refractivity contribution is 6.04. The Bertz CT molecular complexity index is 707. The van der Waals surface area contributed by atoms with E-state index in [1.54, 1.807) is 0 Å². The van der Waals surface area contributed by atoms with Crippen molar-refractivity contribution in [1.82, 2.24) is 9.78 Å². The molecule has 0 saturated carbocycles. The molecule has 0 aliphatic carbocycles. The van der Waals surface area contributed by atoms with Crippen LogP contribution in [0, 0.1) is 6.92 Å². The van der Waals surface area contributed by atoms with Crippen molar-refractivity contribution >= 4 is 16.6 Å². The first-order chi connectivity index (χ1) is 10.1. The van der Waals surface area contributed by atoms with Crippen molar-refractivity contribution in [2.24, 2.45) is 12.2 Å². The average molecular weight is 289 g/mol. The lowest BCUT2D eigenvalue weighted by molar-refractivity contribution is -0.0697. The maximum absolute atomic E-state index is 9.51. The van der Waals surface area contributed by atoms with E-state index in [4.69, 9.17) is 9.94 Å². The van der Waals surface area contributed by atoms with Gasteiger partial charge in [0, 0.05) is 37.4 Å². The second kappa shape index (κ2) is 5.13. The third-order valence-corrected chi connectivity index (χ3v) is 4.06. The van der Waals surface area contributed by atoms with E-state index in [-0.39, 0.29) is 13.2 Å². The van der Waals surface area contributed by atoms with Gasteiger partial charge >= 0.3 is 0 Å². The number of rotatable bonds is 4. The average Bonchev–Trinajstić information content (AvgIpc) is 3.03. The molecule has 0 radical (unpaired) electrons. The van der Waals surface area contributed by atoms with E-state index in [2.05, 4.69) is 10.3 Å². The van der Waals surface area contributed by atoms with Crippen molar-refractivity contribution in [1.29, 1.82) is 0 Å². The topological polar surface area (TPSA) is 79.9 Å². The monoisotopic (exact) mass is 289 g/mol. The lowest BCUT2D eigenvalue weighted by Gasteiger charge is -2.22. The minimum Gasteiger partial charge on any atom is -0.396 e. The Kier molecular flexibility index (Phi) is 3.43. The van der Waals surface area contributed by atoms with Gasteiger partial charge in [-0.1, -0.05) is 17.3 Å². The van der Waals surface area contributed by atoms with Crippen LogP contribution in [0.3, 0.4) is 0 Å². The van der Waals surface area contributed by atoms with Gasteiger partial charge in [0.15, 0.2) is 5.60 Å². The summed E-state index contributed by atoms with van der Waals surface area (Å²) in [5, 5.41) is 28.2. The summed E-state index contributed by atoms with van der Waals surface area (Å²) in [5.74, 6) is 0. The number of fused-ring (bicyclic) bond motifs is 1. The summed E-state index contributed by atoms with van der Waals surface area (Å²) in [6, 6.07) is 6.05. The molecule has 0 spiro atoms. The molecule has 0 amide bonds. The Balaban J connectivity index is 1.93. The molecular weight excluding hydrogens is 270 g/mol. The molecule has 1 aromatic heterocycles. The predicted octanol–water partition coefficient (Wildman–Crippen LogP) is 1.12. The number of aliphatic hydroxyl groups is 2. The van der Waals surface area contributed by atoms with E-state index >= 15 is 0 Å². The number of hydrogen-bond donors (Lipinski definition) is 2. The first-order valence-electron chi connectivity index (χ1n) is 6.99. The summed E-state index contributed by atoms with van der Waals surface area (Å²) < 4.78 is 1.84. The molecule has 1 aromatic carbocycles. The summed E-state index contributed by atoms with van der Waals surface area (Å²) in [4.78, 5) is 5.40. The minimum absolute atomic E-state index is 0.0384. The van der Waals surface area contributed by atoms with E-state index in [1.807, 2.05) is 36.9 Å². The van der Waals surface area contributed by atoms with Crippen molar-refractivity contribution in [2.75, 3.05) is 13.2 Å². The number of hydrogen-bond acceptors (Lipinski definition) is 5. The van der Waals surface area contributed by atoms with Crippen LogP contribution in [0.4, 0.5) is 0 Å². The van der Waals surface area contributed by atoms with Crippen molar-refractivity contribution in [3.8, 4) is 0 Å². The van der Waals surface area contributed by atoms with Crippen LogP contribution in [0.15, 0.2) is 23.4 Å². The van der Waals surface area contributed by atoms with Gasteiger partial charge in [-0.05, 0) is 13.0 Å². The molecule has 2 heterocycles. The Labute approximate surface area is 122 Å². The number of benzene rings is 1. The van der Waals surface area contributed by atoms with Crippen molar-refractivity contribution in [3.05, 3.63) is 29.5 Å². The summed E-state index contributed by atoms with van der Waals surface area (Å²) >= 11 is 0. The van der Waals surface area contributed by atoms with Gasteiger partial charge in [0.25, 0.3) is 0 Å². The Hall–Kier alpha value is -1.92. The molecule has 1 atom stereocenters. The molecule has 6 nitrogen and oxygen atoms in total. The number of aliphatic hydroxyl groups excluding tert-OH is 2. The number of oxime groups is 1. The van der Waals surface area contributed by atoms with Gasteiger partial charge in [-0.25, -0.2) is 0 Å². The molecule has 112 valence electrons. The van der Waals surface area contributed by atoms with Crippen LogP contribution in [0.5, 0.6) is 0 Å². The second-order valence-corrected chi connectivity index (χ2v) is 5.56. The molecule has 3 rings (SSSR count). The highest BCUT2D eigenvalue weighted by atomic mass is 16.7. The molecule has 1 aliphatic heterocycles. The minimum atomic E-state index is -0.790. The standard InChI is InChI=1S/C15H19N3O3/c1-10-12-4-3-11(7-14(12)18(2)16-10)13-8-15(9-20,5-6-19)21-17-13/h3-4,7,19-20H,5-6,8-9H2,1-2H3. The van der Waals surface area contributed by atoms with Crippen LogP contribution in [-0.4, -0.2) is 44.5 Å². The number of aromatic nitrogens is 2. The van der Waals surface area contributed by atoms with Crippen LogP contribution in [0.2, 0.25) is 0 Å². The molecule has 6 heteroatoms. The predicted molar refractivity (Wildman–Crippen MR) is 79.2 cm³/mol. The quantitative estimate of drug-likeness (QED) is 0.884. The van der Waals surface area contributed by atoms with Gasteiger partial charge in [0.1, 0.15) is 0 Å². The fourth-order valence-corrected chi connectivity index (χ4v) is 2.80. The molecule has 1 unspecified atom stereocenters. The molecule has 0 bridgehead atoms. The lowest BCUT2D eigenvalue weighted by atomic mass is 9.92. The number of nitrogens with zero attached hydrogens (tertiary/aromatic N) is 3. The van der Waals surface area contributed by atoms with Crippen LogP contribution < -0.4 is 0 Å². The largest absolute Gasteiger partial charge is 0.396 e. The fraction of sp³-hybridized carbons (Fsp3) is 0.467. The third-order valence-electron chi connectivity index (χ3n) is 4.06. The van der Waals surface area contributed by atoms with Crippen LogP contribution in [-0.2, 0) is 11.9 Å². The molecule has 1 aliphatic rings. The first-order valence-corrected chi connectivity index (χ1v) is 6.99. The molecular formula is C15H19N3O3. The zero-order valence-electron chi connectivity index (χ0n) is 12.2. The molecule has 0 fully saturated rings. The summed E-state index contributed by atoms with van der Waals surface area (Å²) in [6.07, 6.45) is 0.857. The van der Waals surface area contributed by atoms with Crippen molar-refractivity contribution < 1.29 is 15.1 Å². The molecule has 2 aromatic rings. The first kappa shape index (κ1) is 14.0. The van der Waals surface area contributed by atoms with Crippen molar-refractivity contribution in [2.45, 2.75) is 25.4 Å². The maximum Gasteiger partial charge on any atom is 0.168 e. The van der Waals surface area contributed by atoms with Crippen LogP contribution >= 0.6 is 0 Å². The van der Waals surface area contributed by atoms with Gasteiger partial charge in [-0.3, -0.25) is 4.68 Å². The zero-order valence-corrected chi connectivity index (χ0v) is 12.2. The van der Waals surface area contributed by atoms with Gasteiger partial charge in [0.05, 0.1) is 23.5 Å². The van der Waals surface area contributed by atoms with Gasteiger partial charge in [-0.2, -0.15) is 5.10 Å². The SMILES string of the molecule is Cc1nn(C)c2cc(C3=NOC(CO)(CCO)C3)ccc12. The third kappa shape index (κ3) is 2.30. The van der Waals surface area contributed by atoms with Gasteiger partial charge < -0.3 is 15.1 Å². The lowest BCUT2D eigenvalue weighted by Crippen LogP contribution is -2.34. The van der Waals surface area contributed by atoms with Crippen LogP contribution in [0.25, 0.3) is 10.9 Å². The highest BCUT2D eigenvalue weighted by Gasteiger charge is 2.38. The highest BCUT2D eigenvalue weighted by Crippen LogP contribution is 2.30. The van der Waals surface area contributed by atoms with Crippen LogP contribution in [0.1, 0.15) is 24.1 Å². The van der Waals surface area contributed by atoms with E-state index in [9.17, 15) is 5.11 Å². The molecule has 2 N–H and O–H groups in total. The van der Waals surface area contributed by atoms with Gasteiger partial charge in [0.2, 0.25) is 0 Å². The normalized spacial score (nSPS) is 21.6. The van der Waals surface area contributed by atoms with Gasteiger partial charge in [-0.15, -0.1) is 0 Å². The Morgan fingerprint density at radius 2 is 2.19 bits per heavy atom. The summed E-state index contributed by atoms with van der Waals surface area (Å²) in [6.45, 7) is 1.78. The Morgan fingerprint density at radius 3 is 2.90 bits per heavy atom. The van der Waals surface area contributed by atoms with E-state index in [0.717, 1.165) is 27.9 Å². The summed E-state index contributed by atoms with van der Waals surface area (Å²) in [7, 11) is 1.91. The fourth-order valence-electron chi connectivity index (χ4n) is 2.80. The van der Waals surface area contributed by atoms with Crippen molar-refractivity contribution in [3.63, 3.8) is 0 Å². The smallest absolute Gasteiger partial charge is 0.168 e. The molecule has 0 saturated heterocycles. The second-order valence-electron chi connectivity index (χ2n) is 5.56. The maximum atomic E-state index is 9.51. The van der Waals surface area contributed by atoms with E-state index in [0.29, 0.717) is 12.8 Å². The zero-order chi connectivity index (χ0) is 15.0. The Morgan fingerprint density at radius 1 is 1.38 bits per heavy atom.